The Bertz CT molecular complexity index is 317. The Labute approximate surface area is 118 Å². The highest BCUT2D eigenvalue weighted by Crippen LogP contribution is 2.37. The van der Waals surface area contributed by atoms with Gasteiger partial charge in [0, 0.05) is 18.6 Å². The number of likely N-dealkylation sites (tertiary alicyclic amines) is 1. The molecule has 0 saturated carbocycles. The molecule has 2 aliphatic heterocycles. The third-order valence-electron chi connectivity index (χ3n) is 4.49. The van der Waals surface area contributed by atoms with Crippen LogP contribution >= 0.6 is 0 Å². The predicted molar refractivity (Wildman–Crippen MR) is 80.4 cm³/mol. The molecule has 2 rings (SSSR count). The van der Waals surface area contributed by atoms with Gasteiger partial charge in [0.1, 0.15) is 0 Å². The van der Waals surface area contributed by atoms with Crippen molar-refractivity contribution in [2.45, 2.75) is 70.2 Å². The van der Waals surface area contributed by atoms with E-state index in [4.69, 9.17) is 4.74 Å². The molecule has 0 amide bonds. The van der Waals surface area contributed by atoms with E-state index in [1.165, 1.54) is 25.9 Å². The first-order valence-corrected chi connectivity index (χ1v) is 7.62. The first-order valence-electron chi connectivity index (χ1n) is 7.62. The molecule has 2 aliphatic rings. The summed E-state index contributed by atoms with van der Waals surface area (Å²) in [7, 11) is 0. The zero-order chi connectivity index (χ0) is 14.1. The highest BCUT2D eigenvalue weighted by molar-refractivity contribution is 5.00. The van der Waals surface area contributed by atoms with Gasteiger partial charge in [0.2, 0.25) is 0 Å². The summed E-state index contributed by atoms with van der Waals surface area (Å²) in [6, 6.07) is 1.11. The number of hydrogen-bond acceptors (Lipinski definition) is 3. The van der Waals surface area contributed by atoms with Gasteiger partial charge in [-0.2, -0.15) is 0 Å². The van der Waals surface area contributed by atoms with Crippen LogP contribution in [0.1, 0.15) is 47.0 Å². The van der Waals surface area contributed by atoms with Crippen LogP contribution in [0.5, 0.6) is 0 Å². The van der Waals surface area contributed by atoms with Crippen LogP contribution in [0.4, 0.5) is 0 Å². The number of nitrogens with one attached hydrogen (secondary N) is 1. The molecule has 19 heavy (non-hydrogen) atoms. The summed E-state index contributed by atoms with van der Waals surface area (Å²) in [5.41, 5.74) is -0.0491. The summed E-state index contributed by atoms with van der Waals surface area (Å²) >= 11 is 0. The van der Waals surface area contributed by atoms with Crippen molar-refractivity contribution in [2.75, 3.05) is 19.6 Å². The molecular weight excluding hydrogens is 236 g/mol. The third kappa shape index (κ3) is 3.80. The molecule has 0 aromatic carbocycles. The molecule has 0 bridgehead atoms. The molecule has 0 spiro atoms. The Morgan fingerprint density at radius 3 is 2.37 bits per heavy atom. The van der Waals surface area contributed by atoms with Gasteiger partial charge >= 0.3 is 0 Å². The van der Waals surface area contributed by atoms with Gasteiger partial charge in [0.25, 0.3) is 0 Å². The summed E-state index contributed by atoms with van der Waals surface area (Å²) in [5.74, 6) is 0. The Kier molecular flexibility index (Phi) is 4.38. The van der Waals surface area contributed by atoms with E-state index < -0.39 is 0 Å². The largest absolute Gasteiger partial charge is 0.368 e. The molecule has 0 aromatic rings. The van der Waals surface area contributed by atoms with Crippen molar-refractivity contribution in [1.82, 2.24) is 10.2 Å². The van der Waals surface area contributed by atoms with Crippen molar-refractivity contribution in [3.8, 4) is 0 Å². The Morgan fingerprint density at radius 1 is 1.26 bits per heavy atom. The normalized spacial score (nSPS) is 31.5. The molecule has 0 aromatic heterocycles. The first kappa shape index (κ1) is 15.0. The van der Waals surface area contributed by atoms with Crippen LogP contribution in [0.15, 0.2) is 12.7 Å². The SMILES string of the molecule is C=CCN1CCC(N[C@H]2CC(C)(C)OC2(C)C)CC1. The lowest BCUT2D eigenvalue weighted by Gasteiger charge is -2.36. The van der Waals surface area contributed by atoms with E-state index in [0.29, 0.717) is 12.1 Å². The number of rotatable bonds is 4. The molecule has 0 aliphatic carbocycles. The minimum Gasteiger partial charge on any atom is -0.368 e. The van der Waals surface area contributed by atoms with Gasteiger partial charge in [-0.1, -0.05) is 6.08 Å². The van der Waals surface area contributed by atoms with Crippen molar-refractivity contribution >= 4 is 0 Å². The minimum absolute atomic E-state index is 0.00467. The van der Waals surface area contributed by atoms with Crippen LogP contribution < -0.4 is 5.32 Å². The van der Waals surface area contributed by atoms with E-state index >= 15 is 0 Å². The Balaban J connectivity index is 1.84. The maximum Gasteiger partial charge on any atom is 0.0787 e. The molecule has 2 saturated heterocycles. The molecule has 0 unspecified atom stereocenters. The smallest absolute Gasteiger partial charge is 0.0787 e. The zero-order valence-electron chi connectivity index (χ0n) is 13.0. The summed E-state index contributed by atoms with van der Waals surface area (Å²) in [6.45, 7) is 16.0. The van der Waals surface area contributed by atoms with Crippen LogP contribution in [0.25, 0.3) is 0 Å². The van der Waals surface area contributed by atoms with Crippen molar-refractivity contribution in [2.24, 2.45) is 0 Å². The fourth-order valence-electron chi connectivity index (χ4n) is 3.57. The molecule has 3 heteroatoms. The summed E-state index contributed by atoms with van der Waals surface area (Å²) in [6.07, 6.45) is 5.58. The number of ether oxygens (including phenoxy) is 1. The van der Waals surface area contributed by atoms with E-state index in [9.17, 15) is 0 Å². The van der Waals surface area contributed by atoms with E-state index in [1.54, 1.807) is 0 Å². The van der Waals surface area contributed by atoms with Crippen LogP contribution in [-0.2, 0) is 4.74 Å². The molecule has 2 fully saturated rings. The molecule has 2 heterocycles. The van der Waals surface area contributed by atoms with Gasteiger partial charge in [-0.25, -0.2) is 0 Å². The average Bonchev–Trinajstić information content (AvgIpc) is 2.50. The number of hydrogen-bond donors (Lipinski definition) is 1. The molecule has 1 atom stereocenters. The van der Waals surface area contributed by atoms with Gasteiger partial charge in [-0.05, 0) is 60.0 Å². The lowest BCUT2D eigenvalue weighted by Crippen LogP contribution is -2.51. The zero-order valence-corrected chi connectivity index (χ0v) is 13.0. The second-order valence-corrected chi connectivity index (χ2v) is 7.25. The van der Waals surface area contributed by atoms with Crippen LogP contribution in [0.2, 0.25) is 0 Å². The standard InChI is InChI=1S/C16H30N2O/c1-6-9-18-10-7-13(8-11-18)17-14-12-15(2,3)19-16(14,4)5/h6,13-14,17H,1,7-12H2,2-5H3/t14-/m0/s1. The van der Waals surface area contributed by atoms with Crippen molar-refractivity contribution in [1.29, 1.82) is 0 Å². The molecular formula is C16H30N2O. The van der Waals surface area contributed by atoms with Gasteiger partial charge < -0.3 is 10.1 Å². The molecule has 1 N–H and O–H groups in total. The van der Waals surface area contributed by atoms with Gasteiger partial charge in [-0.15, -0.1) is 6.58 Å². The summed E-state index contributed by atoms with van der Waals surface area (Å²) < 4.78 is 6.16. The van der Waals surface area contributed by atoms with E-state index in [-0.39, 0.29) is 11.2 Å². The van der Waals surface area contributed by atoms with Crippen molar-refractivity contribution in [3.63, 3.8) is 0 Å². The maximum atomic E-state index is 6.16. The first-order chi connectivity index (χ1) is 8.82. The lowest BCUT2D eigenvalue weighted by molar-refractivity contribution is -0.0708. The highest BCUT2D eigenvalue weighted by Gasteiger charge is 2.46. The Morgan fingerprint density at radius 2 is 1.89 bits per heavy atom. The highest BCUT2D eigenvalue weighted by atomic mass is 16.5. The van der Waals surface area contributed by atoms with Crippen LogP contribution in [-0.4, -0.2) is 47.8 Å². The van der Waals surface area contributed by atoms with E-state index in [1.807, 2.05) is 6.08 Å². The molecule has 110 valence electrons. The second-order valence-electron chi connectivity index (χ2n) is 7.25. The van der Waals surface area contributed by atoms with Gasteiger partial charge in [-0.3, -0.25) is 4.90 Å². The van der Waals surface area contributed by atoms with Gasteiger partial charge in [0.15, 0.2) is 0 Å². The minimum atomic E-state index is -0.0538. The average molecular weight is 266 g/mol. The van der Waals surface area contributed by atoms with E-state index in [2.05, 4.69) is 44.5 Å². The number of nitrogens with zero attached hydrogens (tertiary/aromatic N) is 1. The summed E-state index contributed by atoms with van der Waals surface area (Å²) in [5, 5.41) is 3.85. The fraction of sp³-hybridized carbons (Fsp3) is 0.875. The topological polar surface area (TPSA) is 24.5 Å². The third-order valence-corrected chi connectivity index (χ3v) is 4.49. The maximum absolute atomic E-state index is 6.16. The molecule has 3 nitrogen and oxygen atoms in total. The predicted octanol–water partition coefficient (Wildman–Crippen LogP) is 2.57. The quantitative estimate of drug-likeness (QED) is 0.792. The van der Waals surface area contributed by atoms with Crippen molar-refractivity contribution in [3.05, 3.63) is 12.7 Å². The van der Waals surface area contributed by atoms with Gasteiger partial charge in [0.05, 0.1) is 11.2 Å². The van der Waals surface area contributed by atoms with Crippen LogP contribution in [0, 0.1) is 0 Å². The van der Waals surface area contributed by atoms with Crippen molar-refractivity contribution < 1.29 is 4.74 Å². The monoisotopic (exact) mass is 266 g/mol. The second kappa shape index (κ2) is 5.55. The number of piperidine rings is 1. The summed E-state index contributed by atoms with van der Waals surface area (Å²) in [4.78, 5) is 2.48. The van der Waals surface area contributed by atoms with Crippen LogP contribution in [0.3, 0.4) is 0 Å². The van der Waals surface area contributed by atoms with E-state index in [0.717, 1.165) is 13.0 Å². The Hall–Kier alpha value is -0.380. The lowest BCUT2D eigenvalue weighted by atomic mass is 9.92. The fourth-order valence-corrected chi connectivity index (χ4v) is 3.57. The molecule has 0 radical (unpaired) electrons.